The van der Waals surface area contributed by atoms with Crippen molar-refractivity contribution in [3.8, 4) is 5.75 Å². The molecule has 20 N–H and O–H groups in total. The fourth-order valence-electron chi connectivity index (χ4n) is 10.6. The summed E-state index contributed by atoms with van der Waals surface area (Å²) in [4.78, 5) is 134. The van der Waals surface area contributed by atoms with Gasteiger partial charge in [0.05, 0.1) is 0 Å². The van der Waals surface area contributed by atoms with Crippen molar-refractivity contribution in [2.75, 3.05) is 19.6 Å². The zero-order valence-corrected chi connectivity index (χ0v) is 57.7. The number of unbranched alkanes of at least 4 members (excludes halogenated alkanes) is 3. The number of amides is 10. The van der Waals surface area contributed by atoms with E-state index in [-0.39, 0.29) is 159 Å². The maximum Gasteiger partial charge on any atom is 0.222 e. The molecule has 10 atom stereocenters. The SMILES string of the molecule is CC(C)[C@@H](CC(=O)N[C@@H](CCCCN)CC(=O)N[C@H](CC(=O)N[C@H](CC(=O)N[C@@H](CCCCN)CC(=O)N[C@H](CC(=O)N[C@H](CC(=O)N[C@@H](CCCCN)CC(N)=O)C(C)C)C(C)C)C(C)C)C(C)C)NC(=O)C[C@@H](NC(=O)C[C@@H](N)Cc1ccc(O)cc1)C(C)C. The summed E-state index contributed by atoms with van der Waals surface area (Å²) in [6.07, 6.45) is 5.39. The molecule has 0 fully saturated rings. The van der Waals surface area contributed by atoms with Crippen molar-refractivity contribution in [3.05, 3.63) is 29.8 Å². The van der Waals surface area contributed by atoms with Crippen LogP contribution >= 0.6 is 0 Å². The van der Waals surface area contributed by atoms with Gasteiger partial charge in [0.2, 0.25) is 59.1 Å². The van der Waals surface area contributed by atoms with E-state index in [4.69, 9.17) is 28.7 Å². The van der Waals surface area contributed by atoms with E-state index in [2.05, 4.69) is 47.9 Å². The van der Waals surface area contributed by atoms with Gasteiger partial charge in [0.25, 0.3) is 0 Å². The lowest BCUT2D eigenvalue weighted by Crippen LogP contribution is -2.49. The molecule has 0 aliphatic heterocycles. The van der Waals surface area contributed by atoms with Crippen LogP contribution in [0.25, 0.3) is 0 Å². The number of rotatable bonds is 49. The molecule has 0 heterocycles. The van der Waals surface area contributed by atoms with E-state index in [0.29, 0.717) is 77.4 Å². The number of carbonyl (C=O) groups excluding carboxylic acids is 10. The zero-order chi connectivity index (χ0) is 69.6. The van der Waals surface area contributed by atoms with Gasteiger partial charge in [-0.1, -0.05) is 114 Å². The van der Waals surface area contributed by atoms with E-state index in [1.165, 1.54) is 0 Å². The first kappa shape index (κ1) is 83.6. The summed E-state index contributed by atoms with van der Waals surface area (Å²) in [6.45, 7) is 24.0. The molecular formula is C67H122N14O11. The second kappa shape index (κ2) is 45.8. The molecule has 0 aromatic heterocycles. The highest BCUT2D eigenvalue weighted by Crippen LogP contribution is 2.18. The number of aromatic hydroxyl groups is 1. The molecule has 10 amide bonds. The minimum absolute atomic E-state index is 0.0133. The number of primary amides is 1. The van der Waals surface area contributed by atoms with Crippen LogP contribution < -0.4 is 76.5 Å². The van der Waals surface area contributed by atoms with Crippen LogP contribution in [0.3, 0.4) is 0 Å². The molecule has 0 bridgehead atoms. The predicted octanol–water partition coefficient (Wildman–Crippen LogP) is 3.33. The van der Waals surface area contributed by atoms with Crippen LogP contribution in [0.4, 0.5) is 0 Å². The Labute approximate surface area is 549 Å². The molecule has 0 saturated carbocycles. The number of nitrogens with two attached hydrogens (primary N) is 5. The highest BCUT2D eigenvalue weighted by Gasteiger charge is 2.31. The average Bonchev–Trinajstić information content (AvgIpc) is 1.14. The normalized spacial score (nSPS) is 14.9. The number of phenolic OH excluding ortho intramolecular Hbond substituents is 1. The van der Waals surface area contributed by atoms with Crippen molar-refractivity contribution in [1.29, 1.82) is 0 Å². The summed E-state index contributed by atoms with van der Waals surface area (Å²) >= 11 is 0. The third-order valence-corrected chi connectivity index (χ3v) is 16.6. The first-order valence-electron chi connectivity index (χ1n) is 33.8. The third kappa shape index (κ3) is 37.9. The second-order valence-electron chi connectivity index (χ2n) is 27.3. The van der Waals surface area contributed by atoms with Crippen molar-refractivity contribution in [2.45, 2.75) is 272 Å². The van der Waals surface area contributed by atoms with Gasteiger partial charge in [-0.15, -0.1) is 0 Å². The Kier molecular flexibility index (Phi) is 41.6. The Balaban J connectivity index is 3.01. The van der Waals surface area contributed by atoms with Crippen molar-refractivity contribution >= 4 is 59.1 Å². The molecule has 1 aromatic rings. The topological polar surface area (TPSA) is 429 Å². The smallest absolute Gasteiger partial charge is 0.222 e. The predicted molar refractivity (Wildman–Crippen MR) is 360 cm³/mol. The van der Waals surface area contributed by atoms with E-state index in [9.17, 15) is 53.1 Å². The highest BCUT2D eigenvalue weighted by molar-refractivity contribution is 5.85. The molecule has 1 rings (SSSR count). The standard InChI is InChI=1S/C67H122N14O11/c1-40(2)52(34-62(87)73-48(31-58(72)83)19-13-16-26-68)79-66(91)38-56(44(9)10)77-60(85)33-50(21-15-18-28-70)75-64(89)36-54(42(5)6)81-67(92)39-57(45(11)12)78-61(86)32-49(20-14-17-27-69)74-63(88)35-53(41(3)4)80-65(90)37-55(43(7)8)76-59(84)30-47(71)29-46-22-24-51(82)25-23-46/h22-25,40-45,47-50,52-57,82H,13-21,26-39,68-71H2,1-12H3,(H2,72,83)(H,73,87)(H,74,88)(H,75,89)(H,76,84)(H,77,85)(H,78,86)(H,79,91)(H,80,90)(H,81,92)/t47-,48-,49-,50-,52+,53+,54+,55+,56+,57+/m0/s1. The van der Waals surface area contributed by atoms with Crippen LogP contribution in [0.5, 0.6) is 5.75 Å². The van der Waals surface area contributed by atoms with E-state index in [0.717, 1.165) is 12.0 Å². The lowest BCUT2D eigenvalue weighted by Gasteiger charge is -2.28. The van der Waals surface area contributed by atoms with Crippen LogP contribution in [0.1, 0.15) is 211 Å². The largest absolute Gasteiger partial charge is 0.508 e. The van der Waals surface area contributed by atoms with Gasteiger partial charge in [0.15, 0.2) is 0 Å². The summed E-state index contributed by atoms with van der Waals surface area (Å²) in [6, 6.07) is 1.14. The maximum atomic E-state index is 13.8. The quantitative estimate of drug-likeness (QED) is 0.0416. The Morgan fingerprint density at radius 1 is 0.337 bits per heavy atom. The van der Waals surface area contributed by atoms with Crippen LogP contribution in [0, 0.1) is 35.5 Å². The maximum absolute atomic E-state index is 13.8. The van der Waals surface area contributed by atoms with E-state index >= 15 is 0 Å². The zero-order valence-electron chi connectivity index (χ0n) is 57.7. The number of nitrogens with one attached hydrogen (secondary N) is 9. The van der Waals surface area contributed by atoms with Crippen molar-refractivity contribution in [3.63, 3.8) is 0 Å². The van der Waals surface area contributed by atoms with Crippen LogP contribution in [-0.2, 0) is 54.4 Å². The molecule has 526 valence electrons. The van der Waals surface area contributed by atoms with Crippen molar-refractivity contribution in [2.24, 2.45) is 64.2 Å². The number of hydrogen-bond donors (Lipinski definition) is 15. The van der Waals surface area contributed by atoms with Crippen LogP contribution in [0.2, 0.25) is 0 Å². The molecule has 0 spiro atoms. The Morgan fingerprint density at radius 3 is 0.804 bits per heavy atom. The number of benzene rings is 1. The van der Waals surface area contributed by atoms with Gasteiger partial charge in [-0.2, -0.15) is 0 Å². The highest BCUT2D eigenvalue weighted by atomic mass is 16.3. The van der Waals surface area contributed by atoms with Gasteiger partial charge in [-0.05, 0) is 118 Å². The third-order valence-electron chi connectivity index (χ3n) is 16.6. The van der Waals surface area contributed by atoms with Gasteiger partial charge < -0.3 is 81.6 Å². The van der Waals surface area contributed by atoms with E-state index in [1.54, 1.807) is 24.3 Å². The number of carbonyl (C=O) groups is 10. The monoisotopic (exact) mass is 1300 g/mol. The number of phenols is 1. The van der Waals surface area contributed by atoms with Gasteiger partial charge in [-0.3, -0.25) is 47.9 Å². The van der Waals surface area contributed by atoms with Crippen molar-refractivity contribution in [1.82, 2.24) is 47.9 Å². The lowest BCUT2D eigenvalue weighted by molar-refractivity contribution is -0.128. The lowest BCUT2D eigenvalue weighted by atomic mass is 9.96. The average molecular weight is 1300 g/mol. The van der Waals surface area contributed by atoms with E-state index in [1.807, 2.05) is 83.1 Å². The fraction of sp³-hybridized carbons (Fsp3) is 0.761. The molecule has 1 aromatic carbocycles. The summed E-state index contributed by atoms with van der Waals surface area (Å²) in [5, 5.41) is 36.5. The molecule has 25 heteroatoms. The van der Waals surface area contributed by atoms with Gasteiger partial charge in [0, 0.05) is 125 Å². The number of hydrogen-bond acceptors (Lipinski definition) is 15. The molecule has 0 aliphatic rings. The molecule has 25 nitrogen and oxygen atoms in total. The minimum atomic E-state index is -0.607. The Bertz CT molecular complexity index is 2390. The summed E-state index contributed by atoms with van der Waals surface area (Å²) in [5.74, 6) is -4.47. The summed E-state index contributed by atoms with van der Waals surface area (Å²) in [7, 11) is 0. The minimum Gasteiger partial charge on any atom is -0.508 e. The molecule has 0 aliphatic carbocycles. The molecular weight excluding hydrogens is 1180 g/mol. The van der Waals surface area contributed by atoms with E-state index < -0.39 is 66.3 Å². The summed E-state index contributed by atoms with van der Waals surface area (Å²) < 4.78 is 0. The van der Waals surface area contributed by atoms with Crippen LogP contribution in [-0.4, -0.2) is 144 Å². The molecule has 0 saturated heterocycles. The second-order valence-corrected chi connectivity index (χ2v) is 27.3. The molecule has 0 unspecified atom stereocenters. The van der Waals surface area contributed by atoms with Gasteiger partial charge in [-0.25, -0.2) is 0 Å². The molecule has 0 radical (unpaired) electrons. The van der Waals surface area contributed by atoms with Crippen molar-refractivity contribution < 1.29 is 53.1 Å². The van der Waals surface area contributed by atoms with Gasteiger partial charge >= 0.3 is 0 Å². The van der Waals surface area contributed by atoms with Gasteiger partial charge in [0.1, 0.15) is 5.75 Å². The molecule has 92 heavy (non-hydrogen) atoms. The summed E-state index contributed by atoms with van der Waals surface area (Å²) in [5.41, 5.74) is 29.9. The Hall–Kier alpha value is -6.44. The first-order chi connectivity index (χ1) is 43.2. The fourth-order valence-corrected chi connectivity index (χ4v) is 10.6. The van der Waals surface area contributed by atoms with Crippen LogP contribution in [0.15, 0.2) is 24.3 Å². The Morgan fingerprint density at radius 2 is 0.565 bits per heavy atom. The first-order valence-corrected chi connectivity index (χ1v) is 33.8.